The lowest BCUT2D eigenvalue weighted by atomic mass is 9.84. The number of alkyl halides is 1. The Kier molecular flexibility index (Phi) is 2.52. The van der Waals surface area contributed by atoms with Crippen molar-refractivity contribution >= 4 is 11.9 Å². The number of Topliss-reactive ketones (excluding diaryl/α,β-unsaturated/α-hetero) is 1. The van der Waals surface area contributed by atoms with Gasteiger partial charge in [-0.1, -0.05) is 20.8 Å². The molecule has 1 aliphatic rings. The molecule has 0 aromatic heterocycles. The Balaban J connectivity index is 2.99. The number of ketones is 1. The molecule has 2 atom stereocenters. The summed E-state index contributed by atoms with van der Waals surface area (Å²) in [4.78, 5) is 22.7. The average Bonchev–Trinajstić information content (AvgIpc) is 2.27. The van der Waals surface area contributed by atoms with Gasteiger partial charge >= 0.3 is 6.09 Å². The average molecular weight is 203 g/mol. The second-order valence-corrected chi connectivity index (χ2v) is 4.59. The summed E-state index contributed by atoms with van der Waals surface area (Å²) < 4.78 is 13.4. The van der Waals surface area contributed by atoms with Gasteiger partial charge in [-0.15, -0.1) is 0 Å². The molecule has 1 amide bonds. The van der Waals surface area contributed by atoms with Gasteiger partial charge in [0.15, 0.2) is 12.0 Å². The first kappa shape index (κ1) is 10.9. The standard InChI is InChI=1S/C9H14FNO3/c1-9(2,3)7-6(10)5(12)4-11(7)8(13)14/h6-7H,4H2,1-3H3,(H,13,14). The molecule has 14 heavy (non-hydrogen) atoms. The lowest BCUT2D eigenvalue weighted by Gasteiger charge is -2.33. The molecule has 1 rings (SSSR count). The first-order chi connectivity index (χ1) is 6.25. The molecule has 80 valence electrons. The number of nitrogens with zero attached hydrogens (tertiary/aromatic N) is 1. The molecule has 0 aromatic carbocycles. The highest BCUT2D eigenvalue weighted by molar-refractivity contribution is 5.91. The zero-order chi connectivity index (χ0) is 11.1. The van der Waals surface area contributed by atoms with E-state index in [4.69, 9.17) is 5.11 Å². The molecule has 0 bridgehead atoms. The molecular formula is C9H14FNO3. The zero-order valence-electron chi connectivity index (χ0n) is 8.45. The van der Waals surface area contributed by atoms with Crippen LogP contribution >= 0.6 is 0 Å². The van der Waals surface area contributed by atoms with E-state index in [1.165, 1.54) is 0 Å². The highest BCUT2D eigenvalue weighted by atomic mass is 19.1. The number of halogens is 1. The van der Waals surface area contributed by atoms with E-state index in [9.17, 15) is 14.0 Å². The SMILES string of the molecule is CC(C)(C)C1C(F)C(=O)CN1C(=O)O. The number of carboxylic acid groups (broad SMARTS) is 1. The van der Waals surface area contributed by atoms with Crippen LogP contribution in [-0.2, 0) is 4.79 Å². The van der Waals surface area contributed by atoms with E-state index in [0.717, 1.165) is 4.90 Å². The summed E-state index contributed by atoms with van der Waals surface area (Å²) >= 11 is 0. The number of amides is 1. The van der Waals surface area contributed by atoms with E-state index in [2.05, 4.69) is 0 Å². The largest absolute Gasteiger partial charge is 0.465 e. The van der Waals surface area contributed by atoms with Gasteiger partial charge in [-0.25, -0.2) is 9.18 Å². The van der Waals surface area contributed by atoms with Crippen molar-refractivity contribution in [1.29, 1.82) is 0 Å². The molecule has 1 fully saturated rings. The number of hydrogen-bond donors (Lipinski definition) is 1. The molecule has 1 N–H and O–H groups in total. The molecule has 2 unspecified atom stereocenters. The van der Waals surface area contributed by atoms with Gasteiger partial charge in [-0.3, -0.25) is 9.69 Å². The van der Waals surface area contributed by atoms with Crippen LogP contribution in [0.5, 0.6) is 0 Å². The third-order valence-corrected chi connectivity index (χ3v) is 2.38. The maximum atomic E-state index is 13.4. The Morgan fingerprint density at radius 1 is 1.57 bits per heavy atom. The van der Waals surface area contributed by atoms with Gasteiger partial charge in [0, 0.05) is 0 Å². The molecule has 1 heterocycles. The van der Waals surface area contributed by atoms with E-state index < -0.39 is 29.5 Å². The topological polar surface area (TPSA) is 57.6 Å². The van der Waals surface area contributed by atoms with Crippen molar-refractivity contribution in [3.05, 3.63) is 0 Å². The Hall–Kier alpha value is -1.13. The third-order valence-electron chi connectivity index (χ3n) is 2.38. The molecule has 1 aliphatic heterocycles. The Labute approximate surface area is 81.7 Å². The lowest BCUT2D eigenvalue weighted by molar-refractivity contribution is -0.121. The third kappa shape index (κ3) is 1.71. The number of carbonyl (C=O) groups excluding carboxylic acids is 1. The van der Waals surface area contributed by atoms with Crippen molar-refractivity contribution in [2.45, 2.75) is 33.0 Å². The van der Waals surface area contributed by atoms with E-state index >= 15 is 0 Å². The summed E-state index contributed by atoms with van der Waals surface area (Å²) in [5.74, 6) is -0.646. The Morgan fingerprint density at radius 2 is 2.07 bits per heavy atom. The van der Waals surface area contributed by atoms with Gasteiger partial charge in [0.2, 0.25) is 0 Å². The molecule has 0 aliphatic carbocycles. The van der Waals surface area contributed by atoms with Gasteiger partial charge in [0.25, 0.3) is 0 Å². The minimum atomic E-state index is -1.69. The molecule has 4 nitrogen and oxygen atoms in total. The summed E-state index contributed by atoms with van der Waals surface area (Å²) in [6.45, 7) is 4.83. The Bertz CT molecular complexity index is 272. The van der Waals surface area contributed by atoms with Crippen LogP contribution < -0.4 is 0 Å². The fraction of sp³-hybridized carbons (Fsp3) is 0.778. The highest BCUT2D eigenvalue weighted by Crippen LogP contribution is 2.33. The summed E-state index contributed by atoms with van der Waals surface area (Å²) in [5.41, 5.74) is -0.566. The summed E-state index contributed by atoms with van der Waals surface area (Å²) in [5, 5.41) is 8.79. The molecule has 0 radical (unpaired) electrons. The van der Waals surface area contributed by atoms with E-state index in [1.807, 2.05) is 0 Å². The van der Waals surface area contributed by atoms with Crippen molar-refractivity contribution in [2.75, 3.05) is 6.54 Å². The van der Waals surface area contributed by atoms with Gasteiger partial charge in [0.1, 0.15) is 0 Å². The highest BCUT2D eigenvalue weighted by Gasteiger charge is 2.49. The number of rotatable bonds is 0. The summed E-state index contributed by atoms with van der Waals surface area (Å²) in [6.07, 6.45) is -2.93. The van der Waals surface area contributed by atoms with Crippen LogP contribution in [0.15, 0.2) is 0 Å². The fourth-order valence-electron chi connectivity index (χ4n) is 1.78. The predicted octanol–water partition coefficient (Wildman–Crippen LogP) is 1.30. The minimum absolute atomic E-state index is 0.335. The van der Waals surface area contributed by atoms with E-state index in [1.54, 1.807) is 20.8 Å². The maximum absolute atomic E-state index is 13.4. The van der Waals surface area contributed by atoms with Gasteiger partial charge in [-0.2, -0.15) is 0 Å². The van der Waals surface area contributed by atoms with Gasteiger partial charge < -0.3 is 5.11 Å². The quantitative estimate of drug-likeness (QED) is 0.645. The van der Waals surface area contributed by atoms with Crippen LogP contribution in [0, 0.1) is 5.41 Å². The summed E-state index contributed by atoms with van der Waals surface area (Å²) in [7, 11) is 0. The normalized spacial score (nSPS) is 28.3. The minimum Gasteiger partial charge on any atom is -0.465 e. The van der Waals surface area contributed by atoms with Crippen LogP contribution in [0.2, 0.25) is 0 Å². The molecule has 5 heteroatoms. The van der Waals surface area contributed by atoms with Crippen molar-refractivity contribution in [2.24, 2.45) is 5.41 Å². The predicted molar refractivity (Wildman–Crippen MR) is 47.9 cm³/mol. The molecule has 0 saturated carbocycles. The van der Waals surface area contributed by atoms with Crippen molar-refractivity contribution in [3.63, 3.8) is 0 Å². The van der Waals surface area contributed by atoms with Crippen molar-refractivity contribution < 1.29 is 19.1 Å². The molecule has 0 spiro atoms. The van der Waals surface area contributed by atoms with Crippen LogP contribution in [0.3, 0.4) is 0 Å². The smallest absolute Gasteiger partial charge is 0.408 e. The van der Waals surface area contributed by atoms with Crippen molar-refractivity contribution in [1.82, 2.24) is 4.90 Å². The first-order valence-electron chi connectivity index (χ1n) is 4.41. The summed E-state index contributed by atoms with van der Waals surface area (Å²) in [6, 6.07) is -0.868. The van der Waals surface area contributed by atoms with E-state index in [-0.39, 0.29) is 6.54 Å². The fourth-order valence-corrected chi connectivity index (χ4v) is 1.78. The second-order valence-electron chi connectivity index (χ2n) is 4.59. The van der Waals surface area contributed by atoms with Crippen LogP contribution in [0.25, 0.3) is 0 Å². The zero-order valence-corrected chi connectivity index (χ0v) is 8.45. The number of carbonyl (C=O) groups is 2. The number of hydrogen-bond acceptors (Lipinski definition) is 2. The first-order valence-corrected chi connectivity index (χ1v) is 4.41. The van der Waals surface area contributed by atoms with E-state index in [0.29, 0.717) is 0 Å². The van der Waals surface area contributed by atoms with Gasteiger partial charge in [0.05, 0.1) is 12.6 Å². The monoisotopic (exact) mass is 203 g/mol. The van der Waals surface area contributed by atoms with Gasteiger partial charge in [-0.05, 0) is 5.41 Å². The molecule has 0 aromatic rings. The lowest BCUT2D eigenvalue weighted by Crippen LogP contribution is -2.46. The Morgan fingerprint density at radius 3 is 2.36 bits per heavy atom. The second kappa shape index (κ2) is 3.22. The van der Waals surface area contributed by atoms with Crippen LogP contribution in [0.4, 0.5) is 9.18 Å². The molecular weight excluding hydrogens is 189 g/mol. The molecule has 1 saturated heterocycles. The van der Waals surface area contributed by atoms with Crippen molar-refractivity contribution in [3.8, 4) is 0 Å². The van der Waals surface area contributed by atoms with Crippen LogP contribution in [-0.4, -0.2) is 40.6 Å². The maximum Gasteiger partial charge on any atom is 0.408 e. The van der Waals surface area contributed by atoms with Crippen LogP contribution in [0.1, 0.15) is 20.8 Å². The number of likely N-dealkylation sites (tertiary alicyclic amines) is 1.